The van der Waals surface area contributed by atoms with Crippen molar-refractivity contribution in [2.45, 2.75) is 46.6 Å². The topological polar surface area (TPSA) is 94.1 Å². The van der Waals surface area contributed by atoms with Gasteiger partial charge in [-0.2, -0.15) is 0 Å². The number of anilines is 3. The minimum absolute atomic E-state index is 0.00336. The van der Waals surface area contributed by atoms with Crippen LogP contribution in [0.4, 0.5) is 22.7 Å². The SMILES string of the molecule is CC.CCC(CC)C(=O)Nc1ccc(N2CCN(C3C=CC(=O)Nc4ccccc43)CC2)c(N=O)c1. The van der Waals surface area contributed by atoms with Crippen molar-refractivity contribution in [2.75, 3.05) is 41.7 Å². The highest BCUT2D eigenvalue weighted by atomic mass is 16.3. The van der Waals surface area contributed by atoms with E-state index in [2.05, 4.69) is 25.6 Å². The number of para-hydroxylation sites is 1. The van der Waals surface area contributed by atoms with E-state index in [0.717, 1.165) is 56.0 Å². The molecule has 0 aliphatic carbocycles. The molecule has 2 aromatic carbocycles. The molecule has 2 amide bonds. The Labute approximate surface area is 213 Å². The molecule has 8 nitrogen and oxygen atoms in total. The smallest absolute Gasteiger partial charge is 0.248 e. The van der Waals surface area contributed by atoms with Crippen LogP contribution in [0.15, 0.2) is 59.8 Å². The second-order valence-corrected chi connectivity index (χ2v) is 8.70. The summed E-state index contributed by atoms with van der Waals surface area (Å²) in [5.41, 5.74) is 3.59. The number of piperazine rings is 1. The van der Waals surface area contributed by atoms with Crippen molar-refractivity contribution in [3.05, 3.63) is 65.1 Å². The highest BCUT2D eigenvalue weighted by Crippen LogP contribution is 2.35. The second-order valence-electron chi connectivity index (χ2n) is 8.70. The largest absolute Gasteiger partial charge is 0.367 e. The van der Waals surface area contributed by atoms with Crippen molar-refractivity contribution in [3.63, 3.8) is 0 Å². The maximum absolute atomic E-state index is 12.4. The zero-order valence-corrected chi connectivity index (χ0v) is 21.7. The summed E-state index contributed by atoms with van der Waals surface area (Å²) >= 11 is 0. The van der Waals surface area contributed by atoms with Crippen LogP contribution in [-0.2, 0) is 9.59 Å². The monoisotopic (exact) mass is 491 g/mol. The number of hydrogen-bond donors (Lipinski definition) is 2. The molecular formula is C28H37N5O3. The van der Waals surface area contributed by atoms with Gasteiger partial charge in [0.15, 0.2) is 0 Å². The normalized spacial score (nSPS) is 17.4. The molecule has 0 radical (unpaired) electrons. The number of carbonyl (C=O) groups is 2. The molecule has 2 aromatic rings. The lowest BCUT2D eigenvalue weighted by Crippen LogP contribution is -2.47. The Morgan fingerprint density at radius 1 is 1.08 bits per heavy atom. The van der Waals surface area contributed by atoms with Crippen LogP contribution in [0.1, 0.15) is 52.1 Å². The molecule has 36 heavy (non-hydrogen) atoms. The molecule has 0 aromatic heterocycles. The quantitative estimate of drug-likeness (QED) is 0.473. The van der Waals surface area contributed by atoms with Gasteiger partial charge in [0.05, 0.1) is 11.7 Å². The molecule has 2 N–H and O–H groups in total. The average Bonchev–Trinajstić information content (AvgIpc) is 3.08. The van der Waals surface area contributed by atoms with Crippen LogP contribution in [0.2, 0.25) is 0 Å². The Morgan fingerprint density at radius 2 is 1.78 bits per heavy atom. The lowest BCUT2D eigenvalue weighted by molar-refractivity contribution is -0.120. The molecule has 1 atom stereocenters. The summed E-state index contributed by atoms with van der Waals surface area (Å²) in [5, 5.41) is 9.09. The van der Waals surface area contributed by atoms with Gasteiger partial charge in [-0.05, 0) is 47.8 Å². The van der Waals surface area contributed by atoms with Gasteiger partial charge in [0.2, 0.25) is 11.8 Å². The van der Waals surface area contributed by atoms with Crippen LogP contribution in [0.3, 0.4) is 0 Å². The molecule has 1 fully saturated rings. The second kappa shape index (κ2) is 13.0. The van der Waals surface area contributed by atoms with Crippen LogP contribution < -0.4 is 15.5 Å². The summed E-state index contributed by atoms with van der Waals surface area (Å²) in [6, 6.07) is 13.2. The maximum Gasteiger partial charge on any atom is 0.248 e. The van der Waals surface area contributed by atoms with Crippen molar-refractivity contribution < 1.29 is 9.59 Å². The average molecular weight is 492 g/mol. The van der Waals surface area contributed by atoms with E-state index in [4.69, 9.17) is 0 Å². The van der Waals surface area contributed by atoms with Gasteiger partial charge in [-0.3, -0.25) is 14.5 Å². The van der Waals surface area contributed by atoms with Crippen molar-refractivity contribution in [2.24, 2.45) is 11.1 Å². The first-order chi connectivity index (χ1) is 17.5. The highest BCUT2D eigenvalue weighted by Gasteiger charge is 2.28. The standard InChI is InChI=1S/C26H31N5O3.C2H6/c1-3-18(4-2)26(33)27-19-9-10-24(22(17-19)29-34)31-15-13-30(14-16-31)23-11-12-25(32)28-21-8-6-5-7-20(21)23;1-2/h5-12,17-18,23H,3-4,13-16H2,1-2H3,(H,27,33)(H,28,32);1-2H3. The molecule has 2 aliphatic rings. The van der Waals surface area contributed by atoms with Gasteiger partial charge in [0.25, 0.3) is 0 Å². The van der Waals surface area contributed by atoms with E-state index < -0.39 is 0 Å². The van der Waals surface area contributed by atoms with Crippen molar-refractivity contribution in [1.29, 1.82) is 0 Å². The number of nitroso groups, excluding NO2 is 1. The first-order valence-corrected chi connectivity index (χ1v) is 12.9. The van der Waals surface area contributed by atoms with Crippen LogP contribution >= 0.6 is 0 Å². The van der Waals surface area contributed by atoms with Gasteiger partial charge in [-0.15, -0.1) is 4.91 Å². The number of rotatable bonds is 7. The van der Waals surface area contributed by atoms with Crippen molar-refractivity contribution in [1.82, 2.24) is 4.90 Å². The third-order valence-corrected chi connectivity index (χ3v) is 6.71. The Morgan fingerprint density at radius 3 is 2.44 bits per heavy atom. The van der Waals surface area contributed by atoms with E-state index in [0.29, 0.717) is 11.4 Å². The summed E-state index contributed by atoms with van der Waals surface area (Å²) in [4.78, 5) is 40.6. The fourth-order valence-electron chi connectivity index (χ4n) is 4.73. The van der Waals surface area contributed by atoms with E-state index in [9.17, 15) is 14.5 Å². The highest BCUT2D eigenvalue weighted by molar-refractivity contribution is 6.00. The minimum Gasteiger partial charge on any atom is -0.367 e. The minimum atomic E-state index is -0.119. The number of benzene rings is 2. The number of fused-ring (bicyclic) bond motifs is 1. The molecule has 8 heteroatoms. The number of amides is 2. The molecule has 0 saturated carbocycles. The molecule has 4 rings (SSSR count). The number of hydrogen-bond acceptors (Lipinski definition) is 6. The summed E-state index contributed by atoms with van der Waals surface area (Å²) in [6.07, 6.45) is 5.09. The molecule has 0 bridgehead atoms. The van der Waals surface area contributed by atoms with E-state index in [-0.39, 0.29) is 23.8 Å². The molecule has 1 unspecified atom stereocenters. The van der Waals surface area contributed by atoms with Crippen LogP contribution in [0.25, 0.3) is 0 Å². The Kier molecular flexibility index (Phi) is 9.76. The molecule has 0 spiro atoms. The predicted molar refractivity (Wildman–Crippen MR) is 147 cm³/mol. The van der Waals surface area contributed by atoms with Gasteiger partial charge in [-0.1, -0.05) is 52.0 Å². The number of nitrogens with one attached hydrogen (secondary N) is 2. The Hall–Kier alpha value is -3.52. The third kappa shape index (κ3) is 6.18. The Bertz CT molecular complexity index is 1090. The number of carbonyl (C=O) groups excluding carboxylic acids is 2. The molecule has 2 aliphatic heterocycles. The van der Waals surface area contributed by atoms with E-state index in [1.807, 2.05) is 70.2 Å². The fourth-order valence-corrected chi connectivity index (χ4v) is 4.73. The molecule has 1 saturated heterocycles. The Balaban J connectivity index is 0.00000176. The first kappa shape index (κ1) is 27.1. The van der Waals surface area contributed by atoms with Gasteiger partial charge in [-0.25, -0.2) is 0 Å². The number of nitrogens with zero attached hydrogens (tertiary/aromatic N) is 3. The van der Waals surface area contributed by atoms with Crippen LogP contribution in [0.5, 0.6) is 0 Å². The zero-order valence-electron chi connectivity index (χ0n) is 21.7. The summed E-state index contributed by atoms with van der Waals surface area (Å²) in [6.45, 7) is 11.0. The van der Waals surface area contributed by atoms with E-state index in [1.165, 1.54) is 0 Å². The van der Waals surface area contributed by atoms with E-state index >= 15 is 0 Å². The molecule has 192 valence electrons. The van der Waals surface area contributed by atoms with Gasteiger partial charge >= 0.3 is 0 Å². The summed E-state index contributed by atoms with van der Waals surface area (Å²) < 4.78 is 0. The van der Waals surface area contributed by atoms with Gasteiger partial charge in [0, 0.05) is 49.5 Å². The zero-order chi connectivity index (χ0) is 26.1. The first-order valence-electron chi connectivity index (χ1n) is 12.9. The van der Waals surface area contributed by atoms with Crippen molar-refractivity contribution >= 4 is 34.6 Å². The maximum atomic E-state index is 12.4. The lowest BCUT2D eigenvalue weighted by atomic mass is 10.0. The molecule has 2 heterocycles. The van der Waals surface area contributed by atoms with Gasteiger partial charge in [0.1, 0.15) is 5.69 Å². The molecular weight excluding hydrogens is 454 g/mol. The summed E-state index contributed by atoms with van der Waals surface area (Å²) in [5.74, 6) is -0.200. The van der Waals surface area contributed by atoms with Gasteiger partial charge < -0.3 is 15.5 Å². The van der Waals surface area contributed by atoms with Crippen LogP contribution in [-0.4, -0.2) is 42.9 Å². The fraction of sp³-hybridized carbons (Fsp3) is 0.429. The van der Waals surface area contributed by atoms with Crippen LogP contribution in [0, 0.1) is 10.8 Å². The predicted octanol–water partition coefficient (Wildman–Crippen LogP) is 5.86. The van der Waals surface area contributed by atoms with E-state index in [1.54, 1.807) is 12.1 Å². The van der Waals surface area contributed by atoms with Crippen molar-refractivity contribution in [3.8, 4) is 0 Å². The summed E-state index contributed by atoms with van der Waals surface area (Å²) in [7, 11) is 0. The third-order valence-electron chi connectivity index (χ3n) is 6.71. The lowest BCUT2D eigenvalue weighted by Gasteiger charge is -2.39.